The molecule has 0 aliphatic rings. The van der Waals surface area contributed by atoms with Gasteiger partial charge in [-0.15, -0.1) is 0 Å². The first kappa shape index (κ1) is 14.3. The molecule has 0 aliphatic heterocycles. The normalized spacial score (nSPS) is 10.7. The highest BCUT2D eigenvalue weighted by Crippen LogP contribution is 2.05. The van der Waals surface area contributed by atoms with Crippen molar-refractivity contribution in [1.82, 2.24) is 19.3 Å². The van der Waals surface area contributed by atoms with Crippen molar-refractivity contribution in [2.75, 3.05) is 0 Å². The summed E-state index contributed by atoms with van der Waals surface area (Å²) in [5.74, 6) is 0.708. The first-order valence-corrected chi connectivity index (χ1v) is 7.43. The van der Waals surface area contributed by atoms with E-state index in [2.05, 4.69) is 34.3 Å². The molecule has 0 N–H and O–H groups in total. The summed E-state index contributed by atoms with van der Waals surface area (Å²) < 4.78 is 3.32. The van der Waals surface area contributed by atoms with Gasteiger partial charge in [-0.3, -0.25) is 9.36 Å². The SMILES string of the molecule is O=c1ccc(-n2ccnc2)nn1CCCCc1ccccc1. The van der Waals surface area contributed by atoms with E-state index in [0.29, 0.717) is 12.4 Å². The van der Waals surface area contributed by atoms with E-state index in [4.69, 9.17) is 0 Å². The highest BCUT2D eigenvalue weighted by atomic mass is 16.1. The summed E-state index contributed by atoms with van der Waals surface area (Å²) in [5, 5.41) is 4.39. The molecule has 1 aromatic carbocycles. The van der Waals surface area contributed by atoms with Gasteiger partial charge in [0.05, 0.1) is 0 Å². The minimum Gasteiger partial charge on any atom is -0.289 e. The van der Waals surface area contributed by atoms with E-state index in [1.165, 1.54) is 10.2 Å². The molecule has 3 rings (SSSR count). The Hall–Kier alpha value is -2.69. The predicted molar refractivity (Wildman–Crippen MR) is 85.0 cm³/mol. The van der Waals surface area contributed by atoms with E-state index >= 15 is 0 Å². The summed E-state index contributed by atoms with van der Waals surface area (Å²) in [5.41, 5.74) is 1.26. The fourth-order valence-electron chi connectivity index (χ4n) is 2.37. The molecular formula is C17H18N4O. The zero-order chi connectivity index (χ0) is 15.2. The van der Waals surface area contributed by atoms with Crippen molar-refractivity contribution in [3.8, 4) is 5.82 Å². The lowest BCUT2D eigenvalue weighted by Gasteiger charge is -2.07. The molecule has 5 nitrogen and oxygen atoms in total. The molecule has 3 aromatic rings. The molecule has 0 spiro atoms. The molecule has 0 fully saturated rings. The third-order valence-corrected chi connectivity index (χ3v) is 3.55. The maximum absolute atomic E-state index is 11.9. The highest BCUT2D eigenvalue weighted by molar-refractivity contribution is 5.19. The molecular weight excluding hydrogens is 276 g/mol. The molecule has 22 heavy (non-hydrogen) atoms. The van der Waals surface area contributed by atoms with Crippen LogP contribution in [0.15, 0.2) is 66.0 Å². The molecule has 112 valence electrons. The van der Waals surface area contributed by atoms with Gasteiger partial charge in [-0.25, -0.2) is 9.67 Å². The Morgan fingerprint density at radius 1 is 1.00 bits per heavy atom. The zero-order valence-electron chi connectivity index (χ0n) is 12.3. The number of rotatable bonds is 6. The van der Waals surface area contributed by atoms with Crippen LogP contribution in [0.1, 0.15) is 18.4 Å². The Bertz CT molecular complexity index is 763. The van der Waals surface area contributed by atoms with E-state index < -0.39 is 0 Å². The van der Waals surface area contributed by atoms with Gasteiger partial charge in [-0.2, -0.15) is 5.10 Å². The van der Waals surface area contributed by atoms with Crippen molar-refractivity contribution >= 4 is 0 Å². The smallest absolute Gasteiger partial charge is 0.266 e. The van der Waals surface area contributed by atoms with Crippen molar-refractivity contribution in [3.63, 3.8) is 0 Å². The lowest BCUT2D eigenvalue weighted by molar-refractivity contribution is 0.527. The lowest BCUT2D eigenvalue weighted by atomic mass is 10.1. The fraction of sp³-hybridized carbons (Fsp3) is 0.235. The summed E-state index contributed by atoms with van der Waals surface area (Å²) in [4.78, 5) is 15.9. The van der Waals surface area contributed by atoms with Crippen LogP contribution in [-0.4, -0.2) is 19.3 Å². The molecule has 0 radical (unpaired) electrons. The number of hydrogen-bond acceptors (Lipinski definition) is 3. The molecule has 0 amide bonds. The Kier molecular flexibility index (Phi) is 4.44. The van der Waals surface area contributed by atoms with Gasteiger partial charge >= 0.3 is 0 Å². The Morgan fingerprint density at radius 2 is 1.86 bits per heavy atom. The van der Waals surface area contributed by atoms with Crippen LogP contribution >= 0.6 is 0 Å². The average Bonchev–Trinajstić information content (AvgIpc) is 3.08. The fourth-order valence-corrected chi connectivity index (χ4v) is 2.37. The maximum Gasteiger partial charge on any atom is 0.266 e. The second-order valence-electron chi connectivity index (χ2n) is 5.17. The van der Waals surface area contributed by atoms with E-state index in [1.807, 2.05) is 12.3 Å². The monoisotopic (exact) mass is 294 g/mol. The third-order valence-electron chi connectivity index (χ3n) is 3.55. The molecule has 2 heterocycles. The summed E-state index contributed by atoms with van der Waals surface area (Å²) in [6.07, 6.45) is 8.16. The van der Waals surface area contributed by atoms with Crippen molar-refractivity contribution in [1.29, 1.82) is 0 Å². The van der Waals surface area contributed by atoms with Gasteiger partial charge in [-0.05, 0) is 30.9 Å². The summed E-state index contributed by atoms with van der Waals surface area (Å²) in [7, 11) is 0. The standard InChI is InChI=1S/C17H18N4O/c22-17-10-9-16(20-13-11-18-14-20)19-21(17)12-5-4-8-15-6-2-1-3-7-15/h1-3,6-7,9-11,13-14H,4-5,8,12H2. The van der Waals surface area contributed by atoms with Gasteiger partial charge in [0.15, 0.2) is 5.82 Å². The number of benzene rings is 1. The van der Waals surface area contributed by atoms with E-state index in [9.17, 15) is 4.79 Å². The van der Waals surface area contributed by atoms with Crippen LogP contribution in [0.2, 0.25) is 0 Å². The van der Waals surface area contributed by atoms with Gasteiger partial charge in [0.25, 0.3) is 5.56 Å². The molecule has 0 bridgehead atoms. The summed E-state index contributed by atoms with van der Waals surface area (Å²) in [6.45, 7) is 0.633. The largest absolute Gasteiger partial charge is 0.289 e. The van der Waals surface area contributed by atoms with Crippen LogP contribution in [0.5, 0.6) is 0 Å². The Morgan fingerprint density at radius 3 is 2.64 bits per heavy atom. The van der Waals surface area contributed by atoms with Crippen LogP contribution in [-0.2, 0) is 13.0 Å². The number of nitrogens with zero attached hydrogens (tertiary/aromatic N) is 4. The zero-order valence-corrected chi connectivity index (χ0v) is 12.3. The van der Waals surface area contributed by atoms with Crippen molar-refractivity contribution in [3.05, 3.63) is 77.1 Å². The van der Waals surface area contributed by atoms with Crippen LogP contribution in [0.25, 0.3) is 5.82 Å². The highest BCUT2D eigenvalue weighted by Gasteiger charge is 2.02. The van der Waals surface area contributed by atoms with Crippen LogP contribution < -0.4 is 5.56 Å². The summed E-state index contributed by atoms with van der Waals surface area (Å²) in [6, 6.07) is 13.7. The molecule has 5 heteroatoms. The van der Waals surface area contributed by atoms with E-state index in [0.717, 1.165) is 19.3 Å². The number of imidazole rings is 1. The van der Waals surface area contributed by atoms with Crippen molar-refractivity contribution in [2.24, 2.45) is 0 Å². The van der Waals surface area contributed by atoms with Gasteiger partial charge in [0.1, 0.15) is 6.33 Å². The van der Waals surface area contributed by atoms with Gasteiger partial charge < -0.3 is 0 Å². The van der Waals surface area contributed by atoms with Crippen LogP contribution in [0, 0.1) is 0 Å². The summed E-state index contributed by atoms with van der Waals surface area (Å²) >= 11 is 0. The first-order chi connectivity index (χ1) is 10.8. The maximum atomic E-state index is 11.9. The third kappa shape index (κ3) is 3.49. The molecule has 0 atom stereocenters. The van der Waals surface area contributed by atoms with Gasteiger partial charge in [-0.1, -0.05) is 30.3 Å². The van der Waals surface area contributed by atoms with Crippen LogP contribution in [0.3, 0.4) is 0 Å². The number of unbranched alkanes of at least 4 members (excludes halogenated alkanes) is 1. The van der Waals surface area contributed by atoms with E-state index in [1.54, 1.807) is 29.2 Å². The predicted octanol–water partition coefficient (Wildman–Crippen LogP) is 2.45. The molecule has 0 aliphatic carbocycles. The molecule has 0 unspecified atom stereocenters. The minimum absolute atomic E-state index is 0.0661. The molecule has 0 saturated carbocycles. The van der Waals surface area contributed by atoms with Gasteiger partial charge in [0.2, 0.25) is 0 Å². The Labute approximate surface area is 128 Å². The number of aryl methyl sites for hydroxylation is 2. The van der Waals surface area contributed by atoms with Gasteiger partial charge in [0, 0.05) is 25.0 Å². The minimum atomic E-state index is -0.0661. The Balaban J connectivity index is 1.60. The topological polar surface area (TPSA) is 52.7 Å². The second-order valence-corrected chi connectivity index (χ2v) is 5.17. The number of hydrogen-bond donors (Lipinski definition) is 0. The van der Waals surface area contributed by atoms with Crippen molar-refractivity contribution < 1.29 is 0 Å². The molecule has 2 aromatic heterocycles. The number of aromatic nitrogens is 4. The molecule has 0 saturated heterocycles. The van der Waals surface area contributed by atoms with Crippen molar-refractivity contribution in [2.45, 2.75) is 25.8 Å². The average molecular weight is 294 g/mol. The second kappa shape index (κ2) is 6.85. The quantitative estimate of drug-likeness (QED) is 0.656. The van der Waals surface area contributed by atoms with E-state index in [-0.39, 0.29) is 5.56 Å². The first-order valence-electron chi connectivity index (χ1n) is 7.43. The van der Waals surface area contributed by atoms with Crippen LogP contribution in [0.4, 0.5) is 0 Å². The lowest BCUT2D eigenvalue weighted by Crippen LogP contribution is -2.23.